The molecule has 0 saturated carbocycles. The Hall–Kier alpha value is -2.11. The molecule has 0 aliphatic carbocycles. The molecule has 1 atom stereocenters. The highest BCUT2D eigenvalue weighted by Gasteiger charge is 2.34. The Labute approximate surface area is 120 Å². The van der Waals surface area contributed by atoms with E-state index in [2.05, 4.69) is 4.99 Å². The number of rotatable bonds is 5. The van der Waals surface area contributed by atoms with E-state index < -0.39 is 23.8 Å². The van der Waals surface area contributed by atoms with Gasteiger partial charge in [-0.25, -0.2) is 4.79 Å². The first kappa shape index (κ1) is 16.9. The molecule has 0 aromatic heterocycles. The lowest BCUT2D eigenvalue weighted by Gasteiger charge is -2.12. The first-order chi connectivity index (χ1) is 9.73. The molecule has 1 rings (SSSR count). The Morgan fingerprint density at radius 2 is 1.81 bits per heavy atom. The molecule has 114 valence electrons. The summed E-state index contributed by atoms with van der Waals surface area (Å²) in [4.78, 5) is 14.6. The summed E-state index contributed by atoms with van der Waals surface area (Å²) in [6.45, 7) is 3.28. The quantitative estimate of drug-likeness (QED) is 0.840. The molecule has 1 aromatic carbocycles. The maximum absolute atomic E-state index is 13.0. The summed E-state index contributed by atoms with van der Waals surface area (Å²) in [6, 6.07) is 6.23. The smallest absolute Gasteiger partial charge is 0.417 e. The first-order valence-corrected chi connectivity index (χ1v) is 6.32. The molecule has 0 unspecified atom stereocenters. The second-order valence-electron chi connectivity index (χ2n) is 4.77. The minimum atomic E-state index is -4.54. The fourth-order valence-electron chi connectivity index (χ4n) is 1.70. The van der Waals surface area contributed by atoms with Crippen molar-refractivity contribution >= 4 is 17.8 Å². The highest BCUT2D eigenvalue weighted by Crippen LogP contribution is 2.33. The Morgan fingerprint density at radius 3 is 2.24 bits per heavy atom. The number of alkyl halides is 3. The summed E-state index contributed by atoms with van der Waals surface area (Å²) in [5.74, 6) is -1.47. The van der Waals surface area contributed by atoms with E-state index in [4.69, 9.17) is 5.11 Å². The van der Waals surface area contributed by atoms with Crippen molar-refractivity contribution in [2.24, 2.45) is 10.9 Å². The molecule has 3 nitrogen and oxygen atoms in total. The lowest BCUT2D eigenvalue weighted by Crippen LogP contribution is -2.24. The lowest BCUT2D eigenvalue weighted by atomic mass is 10.0. The standard InChI is InChI=1S/C15H16F3NO2/c1-10(2)13(14(20)21)19-9-8-12(15(16,17)18)11-6-4-3-5-7-11/h3-10,13H,1-2H3,(H,20,21)/t13-/m0/s1. The van der Waals surface area contributed by atoms with Crippen LogP contribution in [0.5, 0.6) is 0 Å². The summed E-state index contributed by atoms with van der Waals surface area (Å²) in [6.07, 6.45) is -2.83. The van der Waals surface area contributed by atoms with E-state index in [-0.39, 0.29) is 11.5 Å². The molecule has 0 heterocycles. The van der Waals surface area contributed by atoms with E-state index in [0.717, 1.165) is 12.3 Å². The molecule has 0 radical (unpaired) electrons. The van der Waals surface area contributed by atoms with Crippen molar-refractivity contribution in [2.75, 3.05) is 0 Å². The van der Waals surface area contributed by atoms with Gasteiger partial charge in [0.05, 0.1) is 5.57 Å². The summed E-state index contributed by atoms with van der Waals surface area (Å²) in [5, 5.41) is 8.93. The average Bonchev–Trinajstić information content (AvgIpc) is 2.37. The molecule has 0 saturated heterocycles. The van der Waals surface area contributed by atoms with Gasteiger partial charge in [-0.1, -0.05) is 44.2 Å². The van der Waals surface area contributed by atoms with Gasteiger partial charge in [0.25, 0.3) is 0 Å². The zero-order valence-corrected chi connectivity index (χ0v) is 11.6. The van der Waals surface area contributed by atoms with Crippen LogP contribution in [0.2, 0.25) is 0 Å². The van der Waals surface area contributed by atoms with Gasteiger partial charge in [-0.15, -0.1) is 0 Å². The van der Waals surface area contributed by atoms with Gasteiger partial charge in [0.15, 0.2) is 0 Å². The van der Waals surface area contributed by atoms with Crippen LogP contribution in [0.3, 0.4) is 0 Å². The molecular weight excluding hydrogens is 283 g/mol. The first-order valence-electron chi connectivity index (χ1n) is 6.32. The normalized spacial score (nSPS) is 14.7. The minimum Gasteiger partial charge on any atom is -0.480 e. The van der Waals surface area contributed by atoms with Crippen LogP contribution < -0.4 is 0 Å². The van der Waals surface area contributed by atoms with Crippen molar-refractivity contribution in [1.29, 1.82) is 0 Å². The summed E-state index contributed by atoms with van der Waals surface area (Å²) >= 11 is 0. The number of allylic oxidation sites excluding steroid dienone is 2. The third-order valence-corrected chi connectivity index (χ3v) is 2.76. The van der Waals surface area contributed by atoms with Crippen LogP contribution in [0, 0.1) is 5.92 Å². The molecule has 0 bridgehead atoms. The van der Waals surface area contributed by atoms with E-state index in [1.165, 1.54) is 24.3 Å². The zero-order chi connectivity index (χ0) is 16.0. The number of aliphatic imine (C=N–C) groups is 1. The number of hydrogen-bond donors (Lipinski definition) is 1. The third kappa shape index (κ3) is 5.06. The van der Waals surface area contributed by atoms with Crippen LogP contribution >= 0.6 is 0 Å². The summed E-state index contributed by atoms with van der Waals surface area (Å²) in [7, 11) is 0. The largest absolute Gasteiger partial charge is 0.480 e. The van der Waals surface area contributed by atoms with E-state index in [0.29, 0.717) is 0 Å². The molecule has 21 heavy (non-hydrogen) atoms. The number of halogens is 3. The number of benzene rings is 1. The number of aliphatic carboxylic acids is 1. The molecule has 1 N–H and O–H groups in total. The number of carbonyl (C=O) groups is 1. The Balaban J connectivity index is 3.09. The minimum absolute atomic E-state index is 0.00729. The van der Waals surface area contributed by atoms with Crippen LogP contribution in [0.25, 0.3) is 5.57 Å². The van der Waals surface area contributed by atoms with Crippen LogP contribution in [0.15, 0.2) is 41.4 Å². The zero-order valence-electron chi connectivity index (χ0n) is 11.6. The predicted molar refractivity (Wildman–Crippen MR) is 75.2 cm³/mol. The SMILES string of the molecule is CC(C)[C@H](N=CC=C(c1ccccc1)C(F)(F)F)C(=O)O. The average molecular weight is 299 g/mol. The van der Waals surface area contributed by atoms with Crippen molar-refractivity contribution in [2.45, 2.75) is 26.1 Å². The Kier molecular flexibility index (Phi) is 5.69. The van der Waals surface area contributed by atoms with Gasteiger partial charge in [0.2, 0.25) is 0 Å². The van der Waals surface area contributed by atoms with E-state index >= 15 is 0 Å². The second-order valence-corrected chi connectivity index (χ2v) is 4.77. The highest BCUT2D eigenvalue weighted by molar-refractivity contribution is 5.88. The van der Waals surface area contributed by atoms with Gasteiger partial charge < -0.3 is 5.11 Å². The van der Waals surface area contributed by atoms with Crippen LogP contribution in [0.4, 0.5) is 13.2 Å². The maximum Gasteiger partial charge on any atom is 0.417 e. The topological polar surface area (TPSA) is 49.7 Å². The van der Waals surface area contributed by atoms with E-state index in [9.17, 15) is 18.0 Å². The van der Waals surface area contributed by atoms with Gasteiger partial charge in [-0.3, -0.25) is 4.99 Å². The molecule has 0 aliphatic rings. The van der Waals surface area contributed by atoms with Crippen molar-refractivity contribution in [3.05, 3.63) is 42.0 Å². The van der Waals surface area contributed by atoms with Crippen molar-refractivity contribution in [3.63, 3.8) is 0 Å². The van der Waals surface area contributed by atoms with Crippen molar-refractivity contribution in [1.82, 2.24) is 0 Å². The van der Waals surface area contributed by atoms with Crippen molar-refractivity contribution < 1.29 is 23.1 Å². The van der Waals surface area contributed by atoms with Crippen LogP contribution in [0.1, 0.15) is 19.4 Å². The van der Waals surface area contributed by atoms with E-state index in [1.807, 2.05) is 0 Å². The number of nitrogens with zero attached hydrogens (tertiary/aromatic N) is 1. The molecule has 0 fully saturated rings. The molecule has 0 spiro atoms. The summed E-state index contributed by atoms with van der Waals surface area (Å²) < 4.78 is 39.0. The molecule has 6 heteroatoms. The van der Waals surface area contributed by atoms with Crippen LogP contribution in [-0.2, 0) is 4.79 Å². The van der Waals surface area contributed by atoms with Gasteiger partial charge in [0, 0.05) is 6.21 Å². The lowest BCUT2D eigenvalue weighted by molar-refractivity contribution is -0.139. The van der Waals surface area contributed by atoms with Crippen LogP contribution in [-0.4, -0.2) is 29.5 Å². The number of carboxylic acid groups (broad SMARTS) is 1. The maximum atomic E-state index is 13.0. The highest BCUT2D eigenvalue weighted by atomic mass is 19.4. The fourth-order valence-corrected chi connectivity index (χ4v) is 1.70. The molecule has 0 amide bonds. The van der Waals surface area contributed by atoms with Gasteiger partial charge in [-0.2, -0.15) is 13.2 Å². The number of carboxylic acids is 1. The van der Waals surface area contributed by atoms with Gasteiger partial charge in [0.1, 0.15) is 6.04 Å². The number of hydrogen-bond acceptors (Lipinski definition) is 2. The third-order valence-electron chi connectivity index (χ3n) is 2.76. The Morgan fingerprint density at radius 1 is 1.24 bits per heavy atom. The second kappa shape index (κ2) is 7.06. The monoisotopic (exact) mass is 299 g/mol. The van der Waals surface area contributed by atoms with Gasteiger partial charge >= 0.3 is 12.1 Å². The summed E-state index contributed by atoms with van der Waals surface area (Å²) in [5.41, 5.74) is -0.854. The van der Waals surface area contributed by atoms with Crippen molar-refractivity contribution in [3.8, 4) is 0 Å². The fraction of sp³-hybridized carbons (Fsp3) is 0.333. The molecular formula is C15H16F3NO2. The Bertz CT molecular complexity index is 534. The predicted octanol–water partition coefficient (Wildman–Crippen LogP) is 3.81. The van der Waals surface area contributed by atoms with E-state index in [1.54, 1.807) is 19.9 Å². The molecule has 1 aromatic rings. The molecule has 0 aliphatic heterocycles. The van der Waals surface area contributed by atoms with Gasteiger partial charge in [-0.05, 0) is 17.6 Å².